The summed E-state index contributed by atoms with van der Waals surface area (Å²) in [7, 11) is 0. The second-order valence-corrected chi connectivity index (χ2v) is 7.66. The normalized spacial score (nSPS) is 13.4. The highest BCUT2D eigenvalue weighted by Gasteiger charge is 2.20. The largest absolute Gasteiger partial charge is 0.494 e. The highest BCUT2D eigenvalue weighted by atomic mass is 32.1. The molecule has 7 heteroatoms. The predicted octanol–water partition coefficient (Wildman–Crippen LogP) is 3.37. The van der Waals surface area contributed by atoms with E-state index < -0.39 is 0 Å². The monoisotopic (exact) mass is 383 g/mol. The first-order valence-electron chi connectivity index (χ1n) is 9.18. The van der Waals surface area contributed by atoms with Gasteiger partial charge >= 0.3 is 0 Å². The Morgan fingerprint density at radius 3 is 2.81 bits per heavy atom. The molecule has 6 nitrogen and oxygen atoms in total. The number of ether oxygens (including phenoxy) is 1. The van der Waals surface area contributed by atoms with Crippen LogP contribution in [0.5, 0.6) is 5.75 Å². The fraction of sp³-hybridized carbons (Fsp3) is 0.350. The van der Waals surface area contributed by atoms with Crippen LogP contribution in [0.15, 0.2) is 35.4 Å². The average Bonchev–Trinajstić information content (AvgIpc) is 3.05. The Balaban J connectivity index is 1.53. The van der Waals surface area contributed by atoms with Crippen LogP contribution in [-0.4, -0.2) is 22.1 Å². The van der Waals surface area contributed by atoms with Crippen LogP contribution in [0, 0.1) is 0 Å². The van der Waals surface area contributed by atoms with Crippen molar-refractivity contribution in [1.82, 2.24) is 9.55 Å². The summed E-state index contributed by atoms with van der Waals surface area (Å²) in [6, 6.07) is 7.16. The third-order valence-corrected chi connectivity index (χ3v) is 5.90. The molecule has 1 aliphatic carbocycles. The van der Waals surface area contributed by atoms with E-state index in [4.69, 9.17) is 4.74 Å². The van der Waals surface area contributed by atoms with Crippen molar-refractivity contribution in [1.29, 1.82) is 0 Å². The van der Waals surface area contributed by atoms with Gasteiger partial charge in [0.15, 0.2) is 0 Å². The molecule has 140 valence electrons. The molecule has 3 aromatic rings. The fourth-order valence-electron chi connectivity index (χ4n) is 3.45. The van der Waals surface area contributed by atoms with Crippen LogP contribution >= 0.6 is 11.3 Å². The van der Waals surface area contributed by atoms with E-state index in [1.807, 2.05) is 6.92 Å². The predicted molar refractivity (Wildman–Crippen MR) is 107 cm³/mol. The molecule has 27 heavy (non-hydrogen) atoms. The lowest BCUT2D eigenvalue weighted by Gasteiger charge is -2.11. The lowest BCUT2D eigenvalue weighted by Crippen LogP contribution is -2.28. The van der Waals surface area contributed by atoms with Gasteiger partial charge in [-0.1, -0.05) is 0 Å². The summed E-state index contributed by atoms with van der Waals surface area (Å²) < 4.78 is 6.79. The summed E-state index contributed by atoms with van der Waals surface area (Å²) in [5, 5.41) is 3.51. The van der Waals surface area contributed by atoms with E-state index in [9.17, 15) is 9.59 Å². The number of nitrogens with one attached hydrogen (secondary N) is 1. The van der Waals surface area contributed by atoms with Gasteiger partial charge in [-0.05, 0) is 62.4 Å². The molecule has 0 aliphatic heterocycles. The smallest absolute Gasteiger partial charge is 0.262 e. The van der Waals surface area contributed by atoms with Gasteiger partial charge in [-0.3, -0.25) is 14.2 Å². The van der Waals surface area contributed by atoms with Gasteiger partial charge in [-0.2, -0.15) is 0 Å². The molecule has 0 spiro atoms. The highest BCUT2D eigenvalue weighted by Crippen LogP contribution is 2.33. The van der Waals surface area contributed by atoms with Gasteiger partial charge in [0.1, 0.15) is 17.1 Å². The number of rotatable bonds is 5. The second kappa shape index (κ2) is 7.52. The number of hydrogen-bond acceptors (Lipinski definition) is 5. The molecule has 0 saturated carbocycles. The van der Waals surface area contributed by atoms with Crippen molar-refractivity contribution in [2.45, 2.75) is 39.2 Å². The minimum absolute atomic E-state index is 0.0559. The quantitative estimate of drug-likeness (QED) is 0.733. The SMILES string of the molecule is CCOc1ccc(NC(=O)Cn2cnc3sc4c(c3c2=O)CCCC4)cc1. The number of nitrogens with zero attached hydrogens (tertiary/aromatic N) is 2. The lowest BCUT2D eigenvalue weighted by atomic mass is 9.97. The molecule has 2 heterocycles. The first kappa shape index (κ1) is 17.7. The Labute approximate surface area is 160 Å². The Kier molecular flexibility index (Phi) is 4.94. The van der Waals surface area contributed by atoms with E-state index in [1.54, 1.807) is 35.6 Å². The maximum absolute atomic E-state index is 12.9. The number of aromatic nitrogens is 2. The van der Waals surface area contributed by atoms with Crippen molar-refractivity contribution in [2.75, 3.05) is 11.9 Å². The van der Waals surface area contributed by atoms with Crippen molar-refractivity contribution >= 4 is 33.1 Å². The van der Waals surface area contributed by atoms with Gasteiger partial charge in [0.05, 0.1) is 18.3 Å². The molecule has 1 aromatic carbocycles. The van der Waals surface area contributed by atoms with E-state index in [1.165, 1.54) is 22.2 Å². The van der Waals surface area contributed by atoms with E-state index in [0.29, 0.717) is 17.7 Å². The van der Waals surface area contributed by atoms with E-state index >= 15 is 0 Å². The van der Waals surface area contributed by atoms with Gasteiger partial charge in [0, 0.05) is 10.6 Å². The molecule has 0 radical (unpaired) electrons. The summed E-state index contributed by atoms with van der Waals surface area (Å²) in [4.78, 5) is 31.8. The minimum Gasteiger partial charge on any atom is -0.494 e. The average molecular weight is 383 g/mol. The number of thiophene rings is 1. The van der Waals surface area contributed by atoms with Crippen molar-refractivity contribution < 1.29 is 9.53 Å². The Hall–Kier alpha value is -2.67. The van der Waals surface area contributed by atoms with E-state index in [2.05, 4.69) is 10.3 Å². The van der Waals surface area contributed by atoms with Crippen LogP contribution in [0.2, 0.25) is 0 Å². The van der Waals surface area contributed by atoms with Crippen LogP contribution in [0.3, 0.4) is 0 Å². The van der Waals surface area contributed by atoms with Gasteiger partial charge < -0.3 is 10.1 Å². The molecule has 0 unspecified atom stereocenters. The zero-order valence-corrected chi connectivity index (χ0v) is 16.0. The van der Waals surface area contributed by atoms with Gasteiger partial charge in [-0.25, -0.2) is 4.98 Å². The first-order valence-corrected chi connectivity index (χ1v) is 9.99. The van der Waals surface area contributed by atoms with Crippen LogP contribution in [0.4, 0.5) is 5.69 Å². The first-order chi connectivity index (χ1) is 13.2. The zero-order chi connectivity index (χ0) is 18.8. The minimum atomic E-state index is -0.258. The topological polar surface area (TPSA) is 73.2 Å². The van der Waals surface area contributed by atoms with Crippen LogP contribution in [0.25, 0.3) is 10.2 Å². The fourth-order valence-corrected chi connectivity index (χ4v) is 4.67. The number of aryl methyl sites for hydroxylation is 2. The Morgan fingerprint density at radius 2 is 2.04 bits per heavy atom. The van der Waals surface area contributed by atoms with Crippen LogP contribution < -0.4 is 15.6 Å². The molecular formula is C20H21N3O3S. The van der Waals surface area contributed by atoms with E-state index in [0.717, 1.165) is 35.4 Å². The Morgan fingerprint density at radius 1 is 1.26 bits per heavy atom. The standard InChI is InChI=1S/C20H21N3O3S/c1-2-26-14-9-7-13(8-10-14)22-17(24)11-23-12-21-19-18(20(23)25)15-5-3-4-6-16(15)27-19/h7-10,12H,2-6,11H2,1H3,(H,22,24). The Bertz CT molecular complexity index is 1040. The summed E-state index contributed by atoms with van der Waals surface area (Å²) in [5.41, 5.74) is 1.68. The molecule has 1 aliphatic rings. The van der Waals surface area contributed by atoms with E-state index in [-0.39, 0.29) is 18.0 Å². The van der Waals surface area contributed by atoms with Gasteiger partial charge in [-0.15, -0.1) is 11.3 Å². The van der Waals surface area contributed by atoms with Crippen LogP contribution in [0.1, 0.15) is 30.2 Å². The van der Waals surface area contributed by atoms with Gasteiger partial charge in [0.2, 0.25) is 5.91 Å². The van der Waals surface area contributed by atoms with Crippen LogP contribution in [-0.2, 0) is 24.2 Å². The highest BCUT2D eigenvalue weighted by molar-refractivity contribution is 7.18. The summed E-state index contributed by atoms with van der Waals surface area (Å²) in [6.45, 7) is 2.46. The molecule has 2 aromatic heterocycles. The number of benzene rings is 1. The van der Waals surface area contributed by atoms with Crippen molar-refractivity contribution in [3.63, 3.8) is 0 Å². The van der Waals surface area contributed by atoms with Crippen molar-refractivity contribution in [2.24, 2.45) is 0 Å². The van der Waals surface area contributed by atoms with Gasteiger partial charge in [0.25, 0.3) is 5.56 Å². The molecule has 0 atom stereocenters. The second-order valence-electron chi connectivity index (χ2n) is 6.57. The molecule has 0 bridgehead atoms. The summed E-state index contributed by atoms with van der Waals surface area (Å²) in [6.07, 6.45) is 5.69. The number of hydrogen-bond donors (Lipinski definition) is 1. The number of amides is 1. The number of carbonyl (C=O) groups is 1. The summed E-state index contributed by atoms with van der Waals surface area (Å²) >= 11 is 1.61. The third-order valence-electron chi connectivity index (χ3n) is 4.70. The third kappa shape index (κ3) is 3.60. The number of carbonyl (C=O) groups excluding carboxylic acids is 1. The summed E-state index contributed by atoms with van der Waals surface area (Å²) in [5.74, 6) is 0.495. The number of anilines is 1. The van der Waals surface area contributed by atoms with Crippen molar-refractivity contribution in [3.8, 4) is 5.75 Å². The zero-order valence-electron chi connectivity index (χ0n) is 15.2. The molecule has 4 rings (SSSR count). The molecule has 0 fully saturated rings. The molecule has 1 amide bonds. The maximum atomic E-state index is 12.9. The maximum Gasteiger partial charge on any atom is 0.262 e. The molecule has 0 saturated heterocycles. The lowest BCUT2D eigenvalue weighted by molar-refractivity contribution is -0.116. The van der Waals surface area contributed by atoms with Crippen molar-refractivity contribution in [3.05, 3.63) is 51.4 Å². The number of fused-ring (bicyclic) bond motifs is 3. The molecule has 1 N–H and O–H groups in total. The molecular weight excluding hydrogens is 362 g/mol.